The second-order valence-corrected chi connectivity index (χ2v) is 6.97. The number of hydrogen-bond acceptors (Lipinski definition) is 6. The second-order valence-electron chi connectivity index (χ2n) is 5.91. The second kappa shape index (κ2) is 9.84. The molecule has 0 saturated carbocycles. The van der Waals surface area contributed by atoms with Gasteiger partial charge in [0.1, 0.15) is 0 Å². The van der Waals surface area contributed by atoms with Crippen molar-refractivity contribution in [2.24, 2.45) is 0 Å². The fourth-order valence-electron chi connectivity index (χ4n) is 2.64. The number of carbonyl (C=O) groups excluding carboxylic acids is 1. The molecule has 2 N–H and O–H groups in total. The number of benzene rings is 1. The molecule has 8 heteroatoms. The quantitative estimate of drug-likeness (QED) is 0.254. The molecule has 0 bridgehead atoms. The third-order valence-corrected chi connectivity index (χ3v) is 5.01. The van der Waals surface area contributed by atoms with Gasteiger partial charge in [-0.3, -0.25) is 19.6 Å². The molecule has 0 saturated heterocycles. The fraction of sp³-hybridized carbons (Fsp3) is 0.263. The summed E-state index contributed by atoms with van der Waals surface area (Å²) in [6.45, 7) is 0. The molecule has 1 aromatic carbocycles. The Morgan fingerprint density at radius 1 is 1.04 bits per heavy atom. The highest BCUT2D eigenvalue weighted by Gasteiger charge is 2.15. The summed E-state index contributed by atoms with van der Waals surface area (Å²) in [6, 6.07) is 13.9. The van der Waals surface area contributed by atoms with Gasteiger partial charge in [-0.05, 0) is 37.1 Å². The van der Waals surface area contributed by atoms with E-state index in [1.54, 1.807) is 29.6 Å². The van der Waals surface area contributed by atoms with E-state index in [1.807, 2.05) is 42.5 Å². The summed E-state index contributed by atoms with van der Waals surface area (Å²) in [5, 5.41) is 18.1. The van der Waals surface area contributed by atoms with Crippen molar-refractivity contribution in [1.29, 1.82) is 0 Å². The minimum absolute atomic E-state index is 0.339. The standard InChI is InChI=1S/C19H21N5O2S/c25-17(23-26)9-5-2-6-14-27-19-22-21-18(15-10-12-20-13-11-15)24(19)16-7-3-1-4-8-16/h1,3-4,7-8,10-13,26H,2,5-6,9,14H2,(H,23,25). The van der Waals surface area contributed by atoms with Crippen LogP contribution < -0.4 is 5.48 Å². The predicted octanol–water partition coefficient (Wildman–Crippen LogP) is 3.49. The van der Waals surface area contributed by atoms with E-state index < -0.39 is 0 Å². The summed E-state index contributed by atoms with van der Waals surface area (Å²) < 4.78 is 2.05. The van der Waals surface area contributed by atoms with E-state index in [0.717, 1.165) is 47.2 Å². The van der Waals surface area contributed by atoms with Gasteiger partial charge in [0.05, 0.1) is 0 Å². The Hall–Kier alpha value is -2.71. The SMILES string of the molecule is O=C(CCCCCSc1nnc(-c2ccncc2)n1-c1ccccc1)NO. The number of rotatable bonds is 9. The lowest BCUT2D eigenvalue weighted by molar-refractivity contribution is -0.129. The molecule has 140 valence electrons. The molecule has 2 heterocycles. The first kappa shape index (κ1) is 19.1. The summed E-state index contributed by atoms with van der Waals surface area (Å²) in [5.74, 6) is 1.32. The van der Waals surface area contributed by atoms with Crippen LogP contribution in [0.1, 0.15) is 25.7 Å². The number of nitrogens with zero attached hydrogens (tertiary/aromatic N) is 4. The Bertz CT molecular complexity index is 855. The molecule has 3 rings (SSSR count). The van der Waals surface area contributed by atoms with Gasteiger partial charge in [-0.15, -0.1) is 10.2 Å². The highest BCUT2D eigenvalue weighted by Crippen LogP contribution is 2.28. The summed E-state index contributed by atoms with van der Waals surface area (Å²) in [6.07, 6.45) is 6.45. The fourth-order valence-corrected chi connectivity index (χ4v) is 3.60. The van der Waals surface area contributed by atoms with E-state index in [1.165, 1.54) is 0 Å². The molecular weight excluding hydrogens is 362 g/mol. The van der Waals surface area contributed by atoms with Gasteiger partial charge in [0.2, 0.25) is 5.91 Å². The van der Waals surface area contributed by atoms with Crippen molar-refractivity contribution in [2.45, 2.75) is 30.8 Å². The first-order chi connectivity index (χ1) is 13.3. The van der Waals surface area contributed by atoms with E-state index >= 15 is 0 Å². The number of thioether (sulfide) groups is 1. The highest BCUT2D eigenvalue weighted by molar-refractivity contribution is 7.99. The molecule has 0 aliphatic rings. The number of nitrogens with one attached hydrogen (secondary N) is 1. The molecular formula is C19H21N5O2S. The number of para-hydroxylation sites is 1. The third-order valence-electron chi connectivity index (χ3n) is 3.99. The van der Waals surface area contributed by atoms with Crippen molar-refractivity contribution in [3.63, 3.8) is 0 Å². The average Bonchev–Trinajstić information content (AvgIpc) is 3.15. The monoisotopic (exact) mass is 383 g/mol. The first-order valence-corrected chi connectivity index (χ1v) is 9.75. The lowest BCUT2D eigenvalue weighted by Crippen LogP contribution is -2.17. The molecule has 2 aromatic heterocycles. The van der Waals surface area contributed by atoms with Crippen molar-refractivity contribution in [1.82, 2.24) is 25.2 Å². The van der Waals surface area contributed by atoms with Gasteiger partial charge >= 0.3 is 0 Å². The third kappa shape index (κ3) is 5.15. The minimum atomic E-state index is -0.339. The molecule has 0 radical (unpaired) electrons. The highest BCUT2D eigenvalue weighted by atomic mass is 32.2. The van der Waals surface area contributed by atoms with Gasteiger partial charge in [0.25, 0.3) is 0 Å². The number of pyridine rings is 1. The molecule has 7 nitrogen and oxygen atoms in total. The minimum Gasteiger partial charge on any atom is -0.289 e. The summed E-state index contributed by atoms with van der Waals surface area (Å²) >= 11 is 1.65. The number of carbonyl (C=O) groups is 1. The Labute approximate surface area is 161 Å². The zero-order valence-corrected chi connectivity index (χ0v) is 15.6. The van der Waals surface area contributed by atoms with Gasteiger partial charge in [-0.25, -0.2) is 5.48 Å². The van der Waals surface area contributed by atoms with E-state index in [4.69, 9.17) is 5.21 Å². The van der Waals surface area contributed by atoms with Gasteiger partial charge in [-0.1, -0.05) is 36.4 Å². The van der Waals surface area contributed by atoms with Crippen LogP contribution in [0.5, 0.6) is 0 Å². The topological polar surface area (TPSA) is 92.9 Å². The van der Waals surface area contributed by atoms with Gasteiger partial charge in [0, 0.05) is 35.8 Å². The van der Waals surface area contributed by atoms with Crippen molar-refractivity contribution < 1.29 is 10.0 Å². The molecule has 1 amide bonds. The summed E-state index contributed by atoms with van der Waals surface area (Å²) in [5.41, 5.74) is 3.63. The molecule has 0 unspecified atom stereocenters. The van der Waals surface area contributed by atoms with Crippen LogP contribution in [0.25, 0.3) is 17.1 Å². The zero-order valence-electron chi connectivity index (χ0n) is 14.8. The Morgan fingerprint density at radius 2 is 1.81 bits per heavy atom. The van der Waals surface area contributed by atoms with Crippen LogP contribution in [-0.4, -0.2) is 36.6 Å². The van der Waals surface area contributed by atoms with Crippen molar-refractivity contribution in [3.8, 4) is 17.1 Å². The van der Waals surface area contributed by atoms with E-state index in [9.17, 15) is 4.79 Å². The maximum atomic E-state index is 11.0. The molecule has 0 aliphatic heterocycles. The predicted molar refractivity (Wildman–Crippen MR) is 104 cm³/mol. The number of amides is 1. The van der Waals surface area contributed by atoms with Crippen LogP contribution in [0.15, 0.2) is 60.0 Å². The molecule has 0 atom stereocenters. The molecule has 3 aromatic rings. The lowest BCUT2D eigenvalue weighted by atomic mass is 10.2. The molecule has 0 aliphatic carbocycles. The van der Waals surface area contributed by atoms with Crippen LogP contribution in [0.4, 0.5) is 0 Å². The van der Waals surface area contributed by atoms with Crippen LogP contribution in [0.3, 0.4) is 0 Å². The maximum Gasteiger partial charge on any atom is 0.243 e. The number of unbranched alkanes of at least 4 members (excludes halogenated alkanes) is 2. The molecule has 0 spiro atoms. The van der Waals surface area contributed by atoms with Crippen LogP contribution in [0, 0.1) is 0 Å². The average molecular weight is 383 g/mol. The van der Waals surface area contributed by atoms with Crippen LogP contribution in [0.2, 0.25) is 0 Å². The van der Waals surface area contributed by atoms with Crippen LogP contribution in [-0.2, 0) is 4.79 Å². The van der Waals surface area contributed by atoms with Gasteiger partial charge in [0.15, 0.2) is 11.0 Å². The maximum absolute atomic E-state index is 11.0. The Balaban J connectivity index is 1.70. The first-order valence-electron chi connectivity index (χ1n) is 8.76. The van der Waals surface area contributed by atoms with E-state index in [-0.39, 0.29) is 5.91 Å². The molecule has 0 fully saturated rings. The van der Waals surface area contributed by atoms with Gasteiger partial charge in [-0.2, -0.15) is 0 Å². The van der Waals surface area contributed by atoms with Gasteiger partial charge < -0.3 is 0 Å². The van der Waals surface area contributed by atoms with Crippen molar-refractivity contribution in [2.75, 3.05) is 5.75 Å². The summed E-state index contributed by atoms with van der Waals surface area (Å²) in [4.78, 5) is 15.1. The number of hydrogen-bond donors (Lipinski definition) is 2. The van der Waals surface area contributed by atoms with Crippen molar-refractivity contribution >= 4 is 17.7 Å². The lowest BCUT2D eigenvalue weighted by Gasteiger charge is -2.10. The van der Waals surface area contributed by atoms with Crippen LogP contribution >= 0.6 is 11.8 Å². The summed E-state index contributed by atoms with van der Waals surface area (Å²) in [7, 11) is 0. The zero-order chi connectivity index (χ0) is 18.9. The molecule has 27 heavy (non-hydrogen) atoms. The Kier molecular flexibility index (Phi) is 6.95. The normalized spacial score (nSPS) is 10.7. The van der Waals surface area contributed by atoms with E-state index in [2.05, 4.69) is 19.7 Å². The van der Waals surface area contributed by atoms with Crippen molar-refractivity contribution in [3.05, 3.63) is 54.9 Å². The largest absolute Gasteiger partial charge is 0.289 e. The number of hydroxylamine groups is 1. The number of aromatic nitrogens is 4. The smallest absolute Gasteiger partial charge is 0.243 e. The Morgan fingerprint density at radius 3 is 2.56 bits per heavy atom. The van der Waals surface area contributed by atoms with E-state index in [0.29, 0.717) is 6.42 Å².